The smallest absolute Gasteiger partial charge is 0.400 e. The lowest BCUT2D eigenvalue weighted by molar-refractivity contribution is -0.211. The van der Waals surface area contributed by atoms with Crippen LogP contribution in [-0.2, 0) is 22.4 Å². The molecule has 0 unspecified atom stereocenters. The molecule has 12 nitrogen and oxygen atoms in total. The predicted molar refractivity (Wildman–Crippen MR) is 255 cm³/mol. The van der Waals surface area contributed by atoms with Gasteiger partial charge >= 0.3 is 24.4 Å². The fourth-order valence-electron chi connectivity index (χ4n) is 6.82. The number of hydrogen-bond acceptors (Lipinski definition) is 12. The van der Waals surface area contributed by atoms with Crippen molar-refractivity contribution in [2.24, 2.45) is 16.7 Å². The number of aryl methyl sites for hydroxylation is 2. The van der Waals surface area contributed by atoms with Crippen molar-refractivity contribution in [2.45, 2.75) is 91.6 Å². The highest BCUT2D eigenvalue weighted by Crippen LogP contribution is 2.41. The first kappa shape index (κ1) is 53.9. The van der Waals surface area contributed by atoms with Gasteiger partial charge in [0, 0.05) is 35.1 Å². The maximum atomic E-state index is 13.2. The van der Waals surface area contributed by atoms with Crippen LogP contribution in [0.15, 0.2) is 84.9 Å². The number of carbonyl (C=O) groups excluding carboxylic acids is 2. The molecule has 0 spiro atoms. The number of rotatable bonds is 17. The van der Waals surface area contributed by atoms with E-state index in [0.717, 1.165) is 33.4 Å². The minimum absolute atomic E-state index is 0.0339. The molecule has 71 heavy (non-hydrogen) atoms. The predicted octanol–water partition coefficient (Wildman–Crippen LogP) is 12.8. The summed E-state index contributed by atoms with van der Waals surface area (Å²) in [4.78, 5) is 50.7. The van der Waals surface area contributed by atoms with Gasteiger partial charge in [-0.15, -0.1) is 0 Å². The molecule has 0 amide bonds. The van der Waals surface area contributed by atoms with Gasteiger partial charge in [-0.05, 0) is 150 Å². The second-order valence-corrected chi connectivity index (χ2v) is 18.7. The molecule has 7 rings (SSSR count). The lowest BCUT2D eigenvalue weighted by atomic mass is 9.84. The second kappa shape index (κ2) is 21.9. The van der Waals surface area contributed by atoms with Crippen molar-refractivity contribution in [3.05, 3.63) is 106 Å². The van der Waals surface area contributed by atoms with Crippen molar-refractivity contribution in [2.75, 3.05) is 14.2 Å². The van der Waals surface area contributed by atoms with Gasteiger partial charge in [0.1, 0.15) is 33.9 Å². The van der Waals surface area contributed by atoms with Gasteiger partial charge in [-0.1, -0.05) is 35.3 Å². The SMILES string of the molecule is COc1nc(-c2ccc(O)cc2)nc(-c2cc(CCC(=O)C(C)(C)C(F)(F)F)ccc2Cl)n1.COc1nc(-c2ccc(O[C@H](C)C3CC3)cc2)nc(-c2cc(CCC(=O)C(C)(C)C(F)(F)F)ccc2Cl)n1. The Balaban J connectivity index is 0.000000235. The van der Waals surface area contributed by atoms with E-state index in [1.807, 2.05) is 24.3 Å². The maximum Gasteiger partial charge on any atom is 0.400 e. The van der Waals surface area contributed by atoms with E-state index in [1.165, 1.54) is 39.2 Å². The number of halogens is 8. The Hall–Kier alpha value is -6.40. The summed E-state index contributed by atoms with van der Waals surface area (Å²) in [6.45, 7) is 5.62. The van der Waals surface area contributed by atoms with Crippen molar-refractivity contribution in [3.63, 3.8) is 0 Å². The van der Waals surface area contributed by atoms with Crippen LogP contribution in [0.25, 0.3) is 45.6 Å². The summed E-state index contributed by atoms with van der Waals surface area (Å²) in [5, 5.41) is 10.2. The summed E-state index contributed by atoms with van der Waals surface area (Å²) in [5.74, 6) is 0.736. The third kappa shape index (κ3) is 13.3. The van der Waals surface area contributed by atoms with E-state index in [-0.39, 0.29) is 67.0 Å². The zero-order valence-electron chi connectivity index (χ0n) is 39.7. The zero-order valence-corrected chi connectivity index (χ0v) is 41.2. The van der Waals surface area contributed by atoms with Gasteiger partial charge in [0.05, 0.1) is 30.4 Å². The number of phenolic OH excluding ortho intramolecular Hbond substituents is 1. The molecule has 0 radical (unpaired) electrons. The Kier molecular flexibility index (Phi) is 16.7. The Morgan fingerprint density at radius 2 is 0.986 bits per heavy atom. The molecule has 1 aliphatic rings. The van der Waals surface area contributed by atoms with E-state index in [2.05, 4.69) is 36.8 Å². The summed E-state index contributed by atoms with van der Waals surface area (Å²) < 4.78 is 95.5. The summed E-state index contributed by atoms with van der Waals surface area (Å²) in [5.41, 5.74) is -1.44. The van der Waals surface area contributed by atoms with E-state index in [4.69, 9.17) is 37.4 Å². The lowest BCUT2D eigenvalue weighted by Crippen LogP contribution is -2.39. The van der Waals surface area contributed by atoms with Gasteiger partial charge in [-0.2, -0.15) is 46.3 Å². The summed E-state index contributed by atoms with van der Waals surface area (Å²) in [6.07, 6.45) is -7.05. The minimum atomic E-state index is -4.62. The molecule has 1 fully saturated rings. The quantitative estimate of drug-likeness (QED) is 0.0863. The first-order valence-electron chi connectivity index (χ1n) is 22.3. The highest BCUT2D eigenvalue weighted by atomic mass is 35.5. The minimum Gasteiger partial charge on any atom is -0.508 e. The number of phenols is 1. The van der Waals surface area contributed by atoms with Gasteiger partial charge in [0.15, 0.2) is 23.3 Å². The van der Waals surface area contributed by atoms with Crippen molar-refractivity contribution in [1.82, 2.24) is 29.9 Å². The number of nitrogens with zero attached hydrogens (tertiary/aromatic N) is 6. The number of carbonyl (C=O) groups is 2. The first-order chi connectivity index (χ1) is 33.3. The van der Waals surface area contributed by atoms with Crippen LogP contribution in [-0.4, -0.2) is 79.3 Å². The molecule has 376 valence electrons. The molecule has 1 N–H and O–H groups in total. The molecule has 4 aromatic carbocycles. The van der Waals surface area contributed by atoms with Crippen LogP contribution in [0.3, 0.4) is 0 Å². The van der Waals surface area contributed by atoms with Gasteiger partial charge in [0.2, 0.25) is 0 Å². The van der Waals surface area contributed by atoms with E-state index in [0.29, 0.717) is 55.2 Å². The number of hydrogen-bond donors (Lipinski definition) is 1. The number of ketones is 2. The average Bonchev–Trinajstić information content (AvgIpc) is 4.19. The van der Waals surface area contributed by atoms with Gasteiger partial charge in [-0.3, -0.25) is 9.59 Å². The number of aromatic hydroxyl groups is 1. The fraction of sp³-hybridized carbons (Fsp3) is 0.373. The van der Waals surface area contributed by atoms with Crippen LogP contribution in [0, 0.1) is 16.7 Å². The van der Waals surface area contributed by atoms with Crippen molar-refractivity contribution in [3.8, 4) is 69.1 Å². The number of benzene rings is 4. The highest BCUT2D eigenvalue weighted by Gasteiger charge is 2.52. The lowest BCUT2D eigenvalue weighted by Gasteiger charge is -2.26. The van der Waals surface area contributed by atoms with Crippen LogP contribution in [0.4, 0.5) is 26.3 Å². The van der Waals surface area contributed by atoms with E-state index >= 15 is 0 Å². The molecule has 0 aliphatic heterocycles. The van der Waals surface area contributed by atoms with Gasteiger partial charge < -0.3 is 19.3 Å². The molecule has 0 bridgehead atoms. The molecule has 2 heterocycles. The number of alkyl halides is 6. The zero-order chi connectivity index (χ0) is 52.1. The van der Waals surface area contributed by atoms with Crippen LogP contribution in [0.2, 0.25) is 10.0 Å². The molecular weight excluding hydrogens is 977 g/mol. The van der Waals surface area contributed by atoms with E-state index < -0.39 is 34.7 Å². The third-order valence-electron chi connectivity index (χ3n) is 12.1. The molecule has 2 aromatic heterocycles. The number of aromatic nitrogens is 6. The average molecular weight is 1030 g/mol. The Labute approximate surface area is 416 Å². The topological polar surface area (TPSA) is 159 Å². The molecule has 20 heteroatoms. The fourth-order valence-corrected chi connectivity index (χ4v) is 7.22. The summed E-state index contributed by atoms with van der Waals surface area (Å²) >= 11 is 12.8. The molecule has 6 aromatic rings. The maximum absolute atomic E-state index is 13.2. The normalized spacial score (nSPS) is 13.5. The molecule has 1 aliphatic carbocycles. The molecule has 0 saturated heterocycles. The van der Waals surface area contributed by atoms with Crippen LogP contribution in [0.5, 0.6) is 23.5 Å². The monoisotopic (exact) mass is 1030 g/mol. The molecule has 1 saturated carbocycles. The largest absolute Gasteiger partial charge is 0.508 e. The molecular formula is C51H50Cl2F6N6O6. The second-order valence-electron chi connectivity index (χ2n) is 17.9. The van der Waals surface area contributed by atoms with Crippen LogP contribution in [0.1, 0.15) is 71.4 Å². The van der Waals surface area contributed by atoms with Gasteiger partial charge in [0.25, 0.3) is 0 Å². The van der Waals surface area contributed by atoms with E-state index in [9.17, 15) is 41.0 Å². The molecule has 1 atom stereocenters. The Morgan fingerprint density at radius 3 is 1.35 bits per heavy atom. The Bertz CT molecular complexity index is 2860. The van der Waals surface area contributed by atoms with Crippen LogP contribution < -0.4 is 14.2 Å². The highest BCUT2D eigenvalue weighted by molar-refractivity contribution is 6.33. The van der Waals surface area contributed by atoms with Crippen LogP contribution >= 0.6 is 23.2 Å². The van der Waals surface area contributed by atoms with Crippen molar-refractivity contribution >= 4 is 34.8 Å². The van der Waals surface area contributed by atoms with Crippen molar-refractivity contribution in [1.29, 1.82) is 0 Å². The van der Waals surface area contributed by atoms with Gasteiger partial charge in [-0.25, -0.2) is 9.97 Å². The van der Waals surface area contributed by atoms with Crippen molar-refractivity contribution < 1.29 is 55.2 Å². The number of methoxy groups -OCH3 is 2. The standard InChI is InChI=1S/C28H29ClF3N3O3.C23H21ClF3N3O3/c1-16(18-7-8-18)38-20-11-9-19(10-12-20)24-33-25(35-26(34-24)37-4)21-15-17(5-13-22(21)29)6-14-23(36)27(2,3)28(30,31)32;1-22(2,23(25,26)27)18(32)11-5-13-4-10-17(24)16(12-13)20-28-19(29-21(30-20)33-3)14-6-8-15(31)9-7-14/h5,9-13,15-16,18H,6-8,14H2,1-4H3;4,6-10,12,31H,5,11H2,1-3H3/t16-;/m1./s1. The van der Waals surface area contributed by atoms with E-state index in [1.54, 1.807) is 48.5 Å². The summed E-state index contributed by atoms with van der Waals surface area (Å²) in [7, 11) is 2.83. The third-order valence-corrected chi connectivity index (χ3v) is 12.7. The first-order valence-corrected chi connectivity index (χ1v) is 23.0. The number of ether oxygens (including phenoxy) is 3. The Morgan fingerprint density at radius 1 is 0.606 bits per heavy atom. The summed E-state index contributed by atoms with van der Waals surface area (Å²) in [6, 6.07) is 23.5. The number of Topliss-reactive ketones (excluding diaryl/α,β-unsaturated/α-hetero) is 2.